The molecular weight excluding hydrogens is 334 g/mol. The van der Waals surface area contributed by atoms with Gasteiger partial charge in [0.1, 0.15) is 6.33 Å². The molecule has 4 rings (SSSR count). The van der Waals surface area contributed by atoms with Crippen LogP contribution in [-0.2, 0) is 12.8 Å². The third kappa shape index (κ3) is 3.30. The van der Waals surface area contributed by atoms with Crippen LogP contribution in [0.3, 0.4) is 0 Å². The molecule has 0 radical (unpaired) electrons. The van der Waals surface area contributed by atoms with Crippen molar-refractivity contribution in [1.29, 1.82) is 5.26 Å². The summed E-state index contributed by atoms with van der Waals surface area (Å²) in [4.78, 5) is 8.61. The van der Waals surface area contributed by atoms with Crippen LogP contribution in [0.4, 0.5) is 0 Å². The average Bonchev–Trinajstić information content (AvgIpc) is 3.19. The molecule has 4 aromatic rings. The molecule has 0 fully saturated rings. The van der Waals surface area contributed by atoms with Gasteiger partial charge in [0, 0.05) is 12.6 Å². The van der Waals surface area contributed by atoms with E-state index in [0.29, 0.717) is 11.3 Å². The first-order valence-corrected chi connectivity index (χ1v) is 9.05. The Morgan fingerprint density at radius 2 is 1.85 bits per heavy atom. The van der Waals surface area contributed by atoms with Crippen molar-refractivity contribution in [3.8, 4) is 17.2 Å². The minimum Gasteiger partial charge on any atom is -0.219 e. The molecule has 0 atom stereocenters. The highest BCUT2D eigenvalue weighted by Crippen LogP contribution is 2.24. The van der Waals surface area contributed by atoms with Gasteiger partial charge < -0.3 is 0 Å². The van der Waals surface area contributed by atoms with Crippen molar-refractivity contribution >= 4 is 5.78 Å². The fourth-order valence-electron chi connectivity index (χ4n) is 3.37. The topological polar surface area (TPSA) is 66.9 Å². The zero-order chi connectivity index (χ0) is 18.6. The standard InChI is InChI=1S/C22H19N5/c1-2-5-21-19(14-24-22-25-15-26-27(21)22)12-16-8-10-17(11-9-16)20-7-4-3-6-18(20)13-23/h3-4,6-11,14-15H,2,5,12H2,1H3. The van der Waals surface area contributed by atoms with E-state index >= 15 is 0 Å². The second-order valence-electron chi connectivity index (χ2n) is 6.48. The molecule has 0 N–H and O–H groups in total. The number of hydrogen-bond acceptors (Lipinski definition) is 4. The van der Waals surface area contributed by atoms with Crippen LogP contribution in [0.2, 0.25) is 0 Å². The van der Waals surface area contributed by atoms with Gasteiger partial charge in [0.25, 0.3) is 5.78 Å². The molecule has 5 nitrogen and oxygen atoms in total. The number of aromatic nitrogens is 4. The molecule has 0 aliphatic rings. The lowest BCUT2D eigenvalue weighted by molar-refractivity contribution is 0.777. The maximum Gasteiger partial charge on any atom is 0.252 e. The second-order valence-corrected chi connectivity index (χ2v) is 6.48. The van der Waals surface area contributed by atoms with Crippen molar-refractivity contribution in [3.05, 3.63) is 83.4 Å². The fraction of sp³-hybridized carbons (Fsp3) is 0.182. The van der Waals surface area contributed by atoms with E-state index in [-0.39, 0.29) is 0 Å². The maximum atomic E-state index is 9.31. The number of hydrogen-bond donors (Lipinski definition) is 0. The lowest BCUT2D eigenvalue weighted by Gasteiger charge is -2.11. The summed E-state index contributed by atoms with van der Waals surface area (Å²) in [5, 5.41) is 13.6. The largest absolute Gasteiger partial charge is 0.252 e. The van der Waals surface area contributed by atoms with Gasteiger partial charge in [-0.2, -0.15) is 15.3 Å². The molecule has 5 heteroatoms. The summed E-state index contributed by atoms with van der Waals surface area (Å²) in [6.07, 6.45) is 6.22. The third-order valence-electron chi connectivity index (χ3n) is 4.69. The number of aryl methyl sites for hydroxylation is 1. The molecule has 0 saturated carbocycles. The molecule has 2 aromatic heterocycles. The summed E-state index contributed by atoms with van der Waals surface area (Å²) in [7, 11) is 0. The van der Waals surface area contributed by atoms with E-state index in [1.807, 2.05) is 35.0 Å². The first-order chi connectivity index (χ1) is 13.3. The Kier molecular flexibility index (Phi) is 4.63. The Balaban J connectivity index is 1.65. The van der Waals surface area contributed by atoms with Crippen LogP contribution in [0.1, 0.15) is 35.7 Å². The highest BCUT2D eigenvalue weighted by molar-refractivity contribution is 5.70. The molecule has 132 valence electrons. The summed E-state index contributed by atoms with van der Waals surface area (Å²) in [5.74, 6) is 0.644. The van der Waals surface area contributed by atoms with Crippen LogP contribution in [-0.4, -0.2) is 19.6 Å². The Labute approximate surface area is 158 Å². The van der Waals surface area contributed by atoms with E-state index in [4.69, 9.17) is 0 Å². The van der Waals surface area contributed by atoms with Gasteiger partial charge in [0.15, 0.2) is 0 Å². The lowest BCUT2D eigenvalue weighted by atomic mass is 9.97. The molecule has 2 aromatic carbocycles. The van der Waals surface area contributed by atoms with E-state index in [1.54, 1.807) is 6.33 Å². The summed E-state index contributed by atoms with van der Waals surface area (Å²) in [6.45, 7) is 2.16. The molecule has 27 heavy (non-hydrogen) atoms. The van der Waals surface area contributed by atoms with Gasteiger partial charge >= 0.3 is 0 Å². The molecular formula is C22H19N5. The van der Waals surface area contributed by atoms with Crippen molar-refractivity contribution in [1.82, 2.24) is 19.6 Å². The van der Waals surface area contributed by atoms with Crippen molar-refractivity contribution < 1.29 is 0 Å². The lowest BCUT2D eigenvalue weighted by Crippen LogP contribution is -2.06. The van der Waals surface area contributed by atoms with Crippen LogP contribution in [0, 0.1) is 11.3 Å². The van der Waals surface area contributed by atoms with Crippen molar-refractivity contribution in [2.75, 3.05) is 0 Å². The van der Waals surface area contributed by atoms with Crippen LogP contribution < -0.4 is 0 Å². The summed E-state index contributed by atoms with van der Waals surface area (Å²) in [6, 6.07) is 18.3. The van der Waals surface area contributed by atoms with Gasteiger partial charge in [-0.05, 0) is 34.7 Å². The minimum absolute atomic E-state index is 0.644. The number of rotatable bonds is 5. The predicted molar refractivity (Wildman–Crippen MR) is 104 cm³/mol. The van der Waals surface area contributed by atoms with Crippen LogP contribution in [0.15, 0.2) is 61.1 Å². The number of benzene rings is 2. The van der Waals surface area contributed by atoms with Crippen molar-refractivity contribution in [2.45, 2.75) is 26.2 Å². The Hall–Kier alpha value is -3.52. The smallest absolute Gasteiger partial charge is 0.219 e. The SMILES string of the molecule is CCCc1c(Cc2ccc(-c3ccccc3C#N)cc2)cnc2ncnn12. The molecule has 0 aliphatic carbocycles. The van der Waals surface area contributed by atoms with Crippen LogP contribution >= 0.6 is 0 Å². The van der Waals surface area contributed by atoms with Crippen LogP contribution in [0.5, 0.6) is 0 Å². The molecule has 0 spiro atoms. The van der Waals surface area contributed by atoms with Gasteiger partial charge in [-0.3, -0.25) is 0 Å². The van der Waals surface area contributed by atoms with Gasteiger partial charge in [-0.25, -0.2) is 9.50 Å². The van der Waals surface area contributed by atoms with E-state index in [2.05, 4.69) is 52.3 Å². The summed E-state index contributed by atoms with van der Waals surface area (Å²) in [5.41, 5.74) is 6.24. The third-order valence-corrected chi connectivity index (χ3v) is 4.69. The predicted octanol–water partition coefficient (Wildman–Crippen LogP) is 4.21. The van der Waals surface area contributed by atoms with E-state index < -0.39 is 0 Å². The van der Waals surface area contributed by atoms with Crippen molar-refractivity contribution in [2.24, 2.45) is 0 Å². The second kappa shape index (κ2) is 7.38. The fourth-order valence-corrected chi connectivity index (χ4v) is 3.37. The van der Waals surface area contributed by atoms with Gasteiger partial charge in [-0.15, -0.1) is 0 Å². The highest BCUT2D eigenvalue weighted by atomic mass is 15.3. The Morgan fingerprint density at radius 1 is 1.04 bits per heavy atom. The summed E-state index contributed by atoms with van der Waals surface area (Å²) >= 11 is 0. The van der Waals surface area contributed by atoms with E-state index in [1.165, 1.54) is 16.8 Å². The first-order valence-electron chi connectivity index (χ1n) is 9.05. The van der Waals surface area contributed by atoms with E-state index in [0.717, 1.165) is 30.4 Å². The minimum atomic E-state index is 0.644. The number of nitriles is 1. The Bertz CT molecular complexity index is 1120. The van der Waals surface area contributed by atoms with E-state index in [9.17, 15) is 5.26 Å². The molecule has 0 bridgehead atoms. The molecule has 0 unspecified atom stereocenters. The zero-order valence-electron chi connectivity index (χ0n) is 15.1. The monoisotopic (exact) mass is 353 g/mol. The molecule has 2 heterocycles. The normalized spacial score (nSPS) is 10.8. The van der Waals surface area contributed by atoms with Crippen LogP contribution in [0.25, 0.3) is 16.9 Å². The average molecular weight is 353 g/mol. The first kappa shape index (κ1) is 16.9. The van der Waals surface area contributed by atoms with Gasteiger partial charge in [0.05, 0.1) is 17.3 Å². The van der Waals surface area contributed by atoms with Crippen molar-refractivity contribution in [3.63, 3.8) is 0 Å². The van der Waals surface area contributed by atoms with Gasteiger partial charge in [-0.1, -0.05) is 55.8 Å². The maximum absolute atomic E-state index is 9.31. The Morgan fingerprint density at radius 3 is 2.63 bits per heavy atom. The molecule has 0 saturated heterocycles. The molecule has 0 aliphatic heterocycles. The number of nitrogens with zero attached hydrogens (tertiary/aromatic N) is 5. The summed E-state index contributed by atoms with van der Waals surface area (Å²) < 4.78 is 1.84. The number of fused-ring (bicyclic) bond motifs is 1. The molecule has 0 amide bonds. The quantitative estimate of drug-likeness (QED) is 0.539. The zero-order valence-corrected chi connectivity index (χ0v) is 15.1. The van der Waals surface area contributed by atoms with Gasteiger partial charge in [0.2, 0.25) is 0 Å². The highest BCUT2D eigenvalue weighted by Gasteiger charge is 2.11.